The van der Waals surface area contributed by atoms with Crippen LogP contribution in [0.25, 0.3) is 10.9 Å². The van der Waals surface area contributed by atoms with Gasteiger partial charge in [0.1, 0.15) is 0 Å². The van der Waals surface area contributed by atoms with Crippen LogP contribution in [0.3, 0.4) is 0 Å². The van der Waals surface area contributed by atoms with Gasteiger partial charge in [0.25, 0.3) is 5.91 Å². The zero-order valence-electron chi connectivity index (χ0n) is 10.7. The smallest absolute Gasteiger partial charge is 0.251 e. The second-order valence-electron chi connectivity index (χ2n) is 4.93. The van der Waals surface area contributed by atoms with Gasteiger partial charge in [0.2, 0.25) is 0 Å². The summed E-state index contributed by atoms with van der Waals surface area (Å²) in [6.07, 6.45) is 3.93. The van der Waals surface area contributed by atoms with Gasteiger partial charge in [-0.25, -0.2) is 0 Å². The van der Waals surface area contributed by atoms with Crippen molar-refractivity contribution in [2.45, 2.75) is 18.9 Å². The number of aromatic nitrogens is 1. The normalized spacial score (nSPS) is 19.3. The summed E-state index contributed by atoms with van der Waals surface area (Å²) < 4.78 is 0. The van der Waals surface area contributed by atoms with Crippen molar-refractivity contribution >= 4 is 16.8 Å². The van der Waals surface area contributed by atoms with E-state index < -0.39 is 0 Å². The van der Waals surface area contributed by atoms with Crippen molar-refractivity contribution in [2.75, 3.05) is 13.1 Å². The Bertz CT molecular complexity index is 591. The highest BCUT2D eigenvalue weighted by molar-refractivity contribution is 5.98. The maximum Gasteiger partial charge on any atom is 0.251 e. The lowest BCUT2D eigenvalue weighted by Gasteiger charge is -2.23. The van der Waals surface area contributed by atoms with E-state index in [2.05, 4.69) is 15.6 Å². The number of piperidine rings is 1. The molecule has 0 unspecified atom stereocenters. The molecule has 1 fully saturated rings. The van der Waals surface area contributed by atoms with E-state index in [9.17, 15) is 4.79 Å². The van der Waals surface area contributed by atoms with E-state index in [0.29, 0.717) is 5.56 Å². The minimum Gasteiger partial charge on any atom is -0.348 e. The Hall–Kier alpha value is -1.94. The molecule has 19 heavy (non-hydrogen) atoms. The first-order chi connectivity index (χ1) is 9.33. The quantitative estimate of drug-likeness (QED) is 0.859. The fourth-order valence-electron chi connectivity index (χ4n) is 2.46. The van der Waals surface area contributed by atoms with Gasteiger partial charge >= 0.3 is 0 Å². The Morgan fingerprint density at radius 1 is 1.37 bits per heavy atom. The average Bonchev–Trinajstić information content (AvgIpc) is 2.48. The number of carbonyl (C=O) groups excluding carboxylic acids is 1. The third kappa shape index (κ3) is 2.74. The summed E-state index contributed by atoms with van der Waals surface area (Å²) in [5.41, 5.74) is 1.62. The van der Waals surface area contributed by atoms with Crippen LogP contribution in [-0.2, 0) is 0 Å². The summed E-state index contributed by atoms with van der Waals surface area (Å²) >= 11 is 0. The molecule has 1 aromatic heterocycles. The molecular formula is C15H17N3O. The Kier molecular flexibility index (Phi) is 3.42. The molecule has 0 spiro atoms. The van der Waals surface area contributed by atoms with Gasteiger partial charge in [0, 0.05) is 29.7 Å². The second kappa shape index (κ2) is 5.36. The number of hydrogen-bond donors (Lipinski definition) is 2. The molecule has 1 aliphatic rings. The Morgan fingerprint density at radius 2 is 2.32 bits per heavy atom. The van der Waals surface area contributed by atoms with Gasteiger partial charge in [-0.15, -0.1) is 0 Å². The van der Waals surface area contributed by atoms with Crippen LogP contribution in [0.4, 0.5) is 0 Å². The first-order valence-electron chi connectivity index (χ1n) is 6.69. The largest absolute Gasteiger partial charge is 0.348 e. The summed E-state index contributed by atoms with van der Waals surface area (Å²) in [6, 6.07) is 9.72. The van der Waals surface area contributed by atoms with Crippen LogP contribution in [0.1, 0.15) is 23.2 Å². The van der Waals surface area contributed by atoms with Crippen molar-refractivity contribution in [1.29, 1.82) is 0 Å². The summed E-state index contributed by atoms with van der Waals surface area (Å²) in [4.78, 5) is 16.5. The van der Waals surface area contributed by atoms with Crippen molar-refractivity contribution in [3.63, 3.8) is 0 Å². The van der Waals surface area contributed by atoms with Gasteiger partial charge in [-0.05, 0) is 43.7 Å². The number of benzene rings is 1. The number of carbonyl (C=O) groups is 1. The Balaban J connectivity index is 1.77. The van der Waals surface area contributed by atoms with Crippen LogP contribution in [0, 0.1) is 0 Å². The fourth-order valence-corrected chi connectivity index (χ4v) is 2.46. The predicted molar refractivity (Wildman–Crippen MR) is 75.1 cm³/mol. The number of pyridine rings is 1. The van der Waals surface area contributed by atoms with Crippen LogP contribution >= 0.6 is 0 Å². The summed E-state index contributed by atoms with van der Waals surface area (Å²) in [5.74, 6) is -0.000506. The standard InChI is InChI=1S/C15H17N3O/c19-15(18-13-4-2-7-16-10-13)12-5-6-14-11(9-12)3-1-8-17-14/h1,3,5-6,8-9,13,16H,2,4,7,10H2,(H,18,19)/t13-/m1/s1. The van der Waals surface area contributed by atoms with Crippen LogP contribution in [0.5, 0.6) is 0 Å². The average molecular weight is 255 g/mol. The highest BCUT2D eigenvalue weighted by Gasteiger charge is 2.16. The number of amides is 1. The minimum atomic E-state index is -0.000506. The third-order valence-corrected chi connectivity index (χ3v) is 3.50. The maximum atomic E-state index is 12.2. The van der Waals surface area contributed by atoms with E-state index in [1.165, 1.54) is 0 Å². The predicted octanol–water partition coefficient (Wildman–Crippen LogP) is 1.72. The van der Waals surface area contributed by atoms with Gasteiger partial charge in [0.15, 0.2) is 0 Å². The first kappa shape index (κ1) is 12.1. The Labute approximate surface area is 112 Å². The van der Waals surface area contributed by atoms with Gasteiger partial charge in [-0.1, -0.05) is 6.07 Å². The number of nitrogens with zero attached hydrogens (tertiary/aromatic N) is 1. The fraction of sp³-hybridized carbons (Fsp3) is 0.333. The molecule has 1 atom stereocenters. The summed E-state index contributed by atoms with van der Waals surface area (Å²) in [5, 5.41) is 7.37. The van der Waals surface area contributed by atoms with Crippen molar-refractivity contribution in [1.82, 2.24) is 15.6 Å². The van der Waals surface area contributed by atoms with Crippen molar-refractivity contribution in [3.05, 3.63) is 42.1 Å². The molecular weight excluding hydrogens is 238 g/mol. The van der Waals surface area contributed by atoms with Crippen LogP contribution in [0.2, 0.25) is 0 Å². The lowest BCUT2D eigenvalue weighted by atomic mass is 10.1. The van der Waals surface area contributed by atoms with Crippen LogP contribution in [0.15, 0.2) is 36.5 Å². The molecule has 2 N–H and O–H groups in total. The topological polar surface area (TPSA) is 54.0 Å². The highest BCUT2D eigenvalue weighted by Crippen LogP contribution is 2.13. The number of rotatable bonds is 2. The number of nitrogens with one attached hydrogen (secondary N) is 2. The molecule has 0 bridgehead atoms. The first-order valence-corrected chi connectivity index (χ1v) is 6.69. The number of fused-ring (bicyclic) bond motifs is 1. The molecule has 1 saturated heterocycles. The molecule has 3 rings (SSSR count). The summed E-state index contributed by atoms with van der Waals surface area (Å²) in [7, 11) is 0. The minimum absolute atomic E-state index is 0.000506. The Morgan fingerprint density at radius 3 is 3.16 bits per heavy atom. The van der Waals surface area contributed by atoms with E-state index in [0.717, 1.165) is 36.8 Å². The molecule has 1 aromatic carbocycles. The molecule has 0 radical (unpaired) electrons. The van der Waals surface area contributed by atoms with E-state index in [1.54, 1.807) is 6.20 Å². The van der Waals surface area contributed by atoms with E-state index >= 15 is 0 Å². The lowest BCUT2D eigenvalue weighted by molar-refractivity contribution is 0.0931. The molecule has 2 aromatic rings. The maximum absolute atomic E-state index is 12.2. The van der Waals surface area contributed by atoms with Crippen LogP contribution < -0.4 is 10.6 Å². The van der Waals surface area contributed by atoms with Gasteiger partial charge in [-0.2, -0.15) is 0 Å². The van der Waals surface area contributed by atoms with Crippen molar-refractivity contribution in [3.8, 4) is 0 Å². The molecule has 4 nitrogen and oxygen atoms in total. The zero-order valence-corrected chi connectivity index (χ0v) is 10.7. The highest BCUT2D eigenvalue weighted by atomic mass is 16.1. The zero-order chi connectivity index (χ0) is 13.1. The van der Waals surface area contributed by atoms with Crippen molar-refractivity contribution in [2.24, 2.45) is 0 Å². The molecule has 2 heterocycles. The van der Waals surface area contributed by atoms with Gasteiger partial charge < -0.3 is 10.6 Å². The second-order valence-corrected chi connectivity index (χ2v) is 4.93. The van der Waals surface area contributed by atoms with E-state index in [4.69, 9.17) is 0 Å². The molecule has 98 valence electrons. The molecule has 0 saturated carbocycles. The molecule has 1 amide bonds. The molecule has 4 heteroatoms. The third-order valence-electron chi connectivity index (χ3n) is 3.50. The van der Waals surface area contributed by atoms with Gasteiger partial charge in [0.05, 0.1) is 5.52 Å². The SMILES string of the molecule is O=C(N[C@@H]1CCCNC1)c1ccc2ncccc2c1. The lowest BCUT2D eigenvalue weighted by Crippen LogP contribution is -2.45. The van der Waals surface area contributed by atoms with E-state index in [-0.39, 0.29) is 11.9 Å². The van der Waals surface area contributed by atoms with Gasteiger partial charge in [-0.3, -0.25) is 9.78 Å². The van der Waals surface area contributed by atoms with Crippen LogP contribution in [-0.4, -0.2) is 30.0 Å². The molecule has 0 aliphatic carbocycles. The number of hydrogen-bond acceptors (Lipinski definition) is 3. The monoisotopic (exact) mass is 255 g/mol. The summed E-state index contributed by atoms with van der Waals surface area (Å²) in [6.45, 7) is 1.91. The van der Waals surface area contributed by atoms with E-state index in [1.807, 2.05) is 30.3 Å². The molecule has 1 aliphatic heterocycles. The van der Waals surface area contributed by atoms with Crippen molar-refractivity contribution < 1.29 is 4.79 Å².